The molecule has 0 saturated heterocycles. The van der Waals surface area contributed by atoms with E-state index in [-0.39, 0.29) is 18.1 Å². The van der Waals surface area contributed by atoms with Gasteiger partial charge in [-0.3, -0.25) is 9.59 Å². The van der Waals surface area contributed by atoms with E-state index in [0.29, 0.717) is 11.6 Å². The highest BCUT2D eigenvalue weighted by atomic mass is 28.2. The molecule has 0 N–H and O–H groups in total. The van der Waals surface area contributed by atoms with Gasteiger partial charge in [0.25, 0.3) is 0 Å². The largest absolute Gasteiger partial charge is 0.360 e. The number of methoxy groups -OCH3 is 2. The Morgan fingerprint density at radius 2 is 1.87 bits per heavy atom. The average Bonchev–Trinajstić information content (AvgIpc) is 2.22. The summed E-state index contributed by atoms with van der Waals surface area (Å²) in [7, 11) is 2.52. The molecule has 0 heterocycles. The van der Waals surface area contributed by atoms with Gasteiger partial charge in [0.1, 0.15) is 5.91 Å². The Bertz CT molecular complexity index is 246. The fraction of sp³-hybridized carbons (Fsp3) is 0.600. The third-order valence-corrected chi connectivity index (χ3v) is 3.91. The summed E-state index contributed by atoms with van der Waals surface area (Å²) in [4.78, 5) is 22.4. The second-order valence-electron chi connectivity index (χ2n) is 3.33. The molecular weight excluding hydrogens is 212 g/mol. The quantitative estimate of drug-likeness (QED) is 0.260. The molecular formula is C10H18O4Si. The van der Waals surface area contributed by atoms with Gasteiger partial charge in [-0.25, -0.2) is 0 Å². The maximum atomic E-state index is 11.3. The molecule has 0 aliphatic rings. The molecule has 0 saturated carbocycles. The Morgan fingerprint density at radius 1 is 1.33 bits per heavy atom. The van der Waals surface area contributed by atoms with Crippen LogP contribution in [-0.2, 0) is 19.1 Å². The van der Waals surface area contributed by atoms with Gasteiger partial charge in [-0.15, -0.1) is 0 Å². The van der Waals surface area contributed by atoms with Crippen molar-refractivity contribution < 1.29 is 19.1 Å². The summed E-state index contributed by atoms with van der Waals surface area (Å²) in [5.74, 6) is -0.992. The molecule has 0 rings (SSSR count). The van der Waals surface area contributed by atoms with Crippen LogP contribution in [-0.4, -0.2) is 41.2 Å². The maximum absolute atomic E-state index is 11.3. The van der Waals surface area contributed by atoms with E-state index in [9.17, 15) is 9.59 Å². The van der Waals surface area contributed by atoms with E-state index in [1.165, 1.54) is 0 Å². The van der Waals surface area contributed by atoms with E-state index in [2.05, 4.69) is 6.58 Å². The van der Waals surface area contributed by atoms with Gasteiger partial charge in [0.15, 0.2) is 0 Å². The van der Waals surface area contributed by atoms with Crippen LogP contribution in [0.4, 0.5) is 0 Å². The number of carbonyl (C=O) groups is 2. The summed E-state index contributed by atoms with van der Waals surface area (Å²) in [6, 6.07) is 0.712. The van der Waals surface area contributed by atoms with Gasteiger partial charge in [-0.05, 0) is 12.5 Å². The topological polar surface area (TPSA) is 52.6 Å². The molecule has 0 unspecified atom stereocenters. The number of Topliss-reactive ketones (excluding diaryl/α,β-unsaturated/α-hetero) is 2. The number of rotatable bonds is 8. The Labute approximate surface area is 92.5 Å². The van der Waals surface area contributed by atoms with Crippen molar-refractivity contribution in [2.24, 2.45) is 0 Å². The molecule has 0 aliphatic heterocycles. The lowest BCUT2D eigenvalue weighted by Gasteiger charge is -2.11. The Hall–Kier alpha value is -0.783. The van der Waals surface area contributed by atoms with E-state index < -0.39 is 15.3 Å². The molecule has 0 atom stereocenters. The smallest absolute Gasteiger partial charge is 0.223 e. The van der Waals surface area contributed by atoms with Gasteiger partial charge in [-0.1, -0.05) is 12.6 Å². The molecule has 0 bridgehead atoms. The molecule has 0 amide bonds. The maximum Gasteiger partial charge on any atom is 0.223 e. The van der Waals surface area contributed by atoms with Gasteiger partial charge < -0.3 is 9.47 Å². The van der Waals surface area contributed by atoms with E-state index in [4.69, 9.17) is 9.47 Å². The lowest BCUT2D eigenvalue weighted by Crippen LogP contribution is -2.23. The van der Waals surface area contributed by atoms with E-state index in [1.54, 1.807) is 21.1 Å². The average molecular weight is 230 g/mol. The van der Waals surface area contributed by atoms with Crippen molar-refractivity contribution in [2.75, 3.05) is 14.2 Å². The first-order valence-corrected chi connectivity index (χ1v) is 6.63. The van der Waals surface area contributed by atoms with Crippen LogP contribution in [0.3, 0.4) is 0 Å². The van der Waals surface area contributed by atoms with E-state index in [1.807, 2.05) is 0 Å². The van der Waals surface area contributed by atoms with Crippen molar-refractivity contribution >= 4 is 21.1 Å². The minimum atomic E-state index is -0.621. The second kappa shape index (κ2) is 7.50. The summed E-state index contributed by atoms with van der Waals surface area (Å²) in [6.07, 6.45) is 0.279. The van der Waals surface area contributed by atoms with Crippen molar-refractivity contribution in [1.29, 1.82) is 0 Å². The number of hydrogen-bond acceptors (Lipinski definition) is 4. The van der Waals surface area contributed by atoms with Gasteiger partial charge in [0, 0.05) is 20.6 Å². The fourth-order valence-electron chi connectivity index (χ4n) is 1.11. The zero-order valence-electron chi connectivity index (χ0n) is 9.54. The number of ketones is 2. The van der Waals surface area contributed by atoms with Crippen molar-refractivity contribution in [2.45, 2.75) is 25.3 Å². The lowest BCUT2D eigenvalue weighted by molar-refractivity contribution is -0.134. The zero-order chi connectivity index (χ0) is 11.8. The van der Waals surface area contributed by atoms with Crippen molar-refractivity contribution in [3.05, 3.63) is 12.2 Å². The molecule has 5 heteroatoms. The van der Waals surface area contributed by atoms with Crippen LogP contribution >= 0.6 is 0 Å². The highest BCUT2D eigenvalue weighted by Crippen LogP contribution is 2.01. The van der Waals surface area contributed by atoms with Crippen LogP contribution in [0.5, 0.6) is 0 Å². The van der Waals surface area contributed by atoms with Gasteiger partial charge in [0.2, 0.25) is 11.6 Å². The summed E-state index contributed by atoms with van der Waals surface area (Å²) in [5.41, 5.74) is 0.302. The van der Waals surface area contributed by atoms with Gasteiger partial charge >= 0.3 is 0 Å². The number of ether oxygens (including phenoxy) is 2. The van der Waals surface area contributed by atoms with E-state index in [0.717, 1.165) is 0 Å². The van der Waals surface area contributed by atoms with Gasteiger partial charge in [-0.2, -0.15) is 0 Å². The third-order valence-electron chi connectivity index (χ3n) is 2.01. The summed E-state index contributed by atoms with van der Waals surface area (Å²) in [6.45, 7) is 4.99. The molecule has 0 fully saturated rings. The van der Waals surface area contributed by atoms with Crippen LogP contribution in [0.25, 0.3) is 0 Å². The second-order valence-corrected chi connectivity index (χ2v) is 5.28. The highest BCUT2D eigenvalue weighted by molar-refractivity contribution is 6.45. The predicted molar refractivity (Wildman–Crippen MR) is 60.6 cm³/mol. The minimum absolute atomic E-state index is 0.169. The van der Waals surface area contributed by atoms with Crippen molar-refractivity contribution in [3.8, 4) is 0 Å². The number of allylic oxidation sites excluding steroid dienone is 1. The fourth-order valence-corrected chi connectivity index (χ4v) is 2.44. The van der Waals surface area contributed by atoms with Crippen molar-refractivity contribution in [3.63, 3.8) is 0 Å². The first-order chi connectivity index (χ1) is 7.02. The molecule has 15 heavy (non-hydrogen) atoms. The SMILES string of the molecule is C=C(C)C(=O)C(=O)CC[SiH2]C(OC)OC. The first-order valence-electron chi connectivity index (χ1n) is 4.81. The van der Waals surface area contributed by atoms with E-state index >= 15 is 0 Å². The Morgan fingerprint density at radius 3 is 2.27 bits per heavy atom. The molecule has 4 nitrogen and oxygen atoms in total. The summed E-state index contributed by atoms with van der Waals surface area (Å²) in [5, 5.41) is 0. The van der Waals surface area contributed by atoms with Crippen LogP contribution in [0.1, 0.15) is 13.3 Å². The Balaban J connectivity index is 3.82. The van der Waals surface area contributed by atoms with Crippen LogP contribution in [0.2, 0.25) is 6.04 Å². The molecule has 0 spiro atoms. The predicted octanol–water partition coefficient (Wildman–Crippen LogP) is 0.254. The molecule has 0 aromatic carbocycles. The molecule has 0 aromatic heterocycles. The highest BCUT2D eigenvalue weighted by Gasteiger charge is 2.15. The normalized spacial score (nSPS) is 11.2. The first kappa shape index (κ1) is 14.2. The Kier molecular flexibility index (Phi) is 7.11. The zero-order valence-corrected chi connectivity index (χ0v) is 11.0. The minimum Gasteiger partial charge on any atom is -0.360 e. The van der Waals surface area contributed by atoms with Gasteiger partial charge in [0.05, 0.1) is 9.52 Å². The molecule has 86 valence electrons. The third kappa shape index (κ3) is 5.61. The standard InChI is InChI=1S/C10H18O4Si/c1-7(2)9(12)8(11)5-6-15-10(13-3)14-4/h10H,1,5-6,15H2,2-4H3. The molecule has 0 aliphatic carbocycles. The monoisotopic (exact) mass is 230 g/mol. The summed E-state index contributed by atoms with van der Waals surface area (Å²) < 4.78 is 10.0. The van der Waals surface area contributed by atoms with Crippen LogP contribution in [0.15, 0.2) is 12.2 Å². The van der Waals surface area contributed by atoms with Crippen molar-refractivity contribution in [1.82, 2.24) is 0 Å². The summed E-state index contributed by atoms with van der Waals surface area (Å²) >= 11 is 0. The number of carbonyl (C=O) groups excluding carboxylic acids is 2. The lowest BCUT2D eigenvalue weighted by atomic mass is 10.1. The van der Waals surface area contributed by atoms with Crippen LogP contribution in [0, 0.1) is 0 Å². The molecule has 0 radical (unpaired) electrons. The molecule has 0 aromatic rings. The number of hydrogen-bond donors (Lipinski definition) is 0. The van der Waals surface area contributed by atoms with Crippen LogP contribution < -0.4 is 0 Å².